The Hall–Kier alpha value is 0.0300. The number of hydrogen-bond acceptors (Lipinski definition) is 9. The van der Waals surface area contributed by atoms with Gasteiger partial charge in [0.1, 0.15) is 0 Å². The van der Waals surface area contributed by atoms with Gasteiger partial charge in [-0.1, -0.05) is 0 Å². The van der Waals surface area contributed by atoms with E-state index in [2.05, 4.69) is 159 Å². The number of rotatable bonds is 14. The van der Waals surface area contributed by atoms with Crippen LogP contribution in [0.2, 0.25) is 0 Å². The topological polar surface area (TPSA) is 0 Å². The van der Waals surface area contributed by atoms with Gasteiger partial charge < -0.3 is 0 Å². The summed E-state index contributed by atoms with van der Waals surface area (Å²) in [5, 5.41) is 0.984. The van der Waals surface area contributed by atoms with Gasteiger partial charge in [0.25, 0.3) is 0 Å². The first-order chi connectivity index (χ1) is 18.9. The minimum atomic E-state index is 0.492. The Bertz CT molecular complexity index is 1160. The fraction of sp³-hybridized carbons (Fsp3) is 0.200. The molecule has 0 saturated heterocycles. The minimum Gasteiger partial charge on any atom is -0.160 e. The van der Waals surface area contributed by atoms with Gasteiger partial charge in [-0.2, -0.15) is 11.8 Å². The molecule has 0 heterocycles. The van der Waals surface area contributed by atoms with Crippen molar-refractivity contribution in [3.05, 3.63) is 97.1 Å². The van der Waals surface area contributed by atoms with Crippen LogP contribution in [0.25, 0.3) is 0 Å². The molecule has 0 aliphatic carbocycles. The summed E-state index contributed by atoms with van der Waals surface area (Å²) in [5.41, 5.74) is 0. The highest BCUT2D eigenvalue weighted by molar-refractivity contribution is 8.07. The molecule has 4 rings (SSSR count). The SMILES string of the molecule is Sc1ccc(SCC(CSCC(CSc2ccc(S)cc2)Sc2ccc(S)cc2)Sc2ccc(S)cc2)cc1. The van der Waals surface area contributed by atoms with Crippen LogP contribution in [0, 0.1) is 0 Å². The molecule has 0 saturated carbocycles. The van der Waals surface area contributed by atoms with Crippen LogP contribution in [-0.2, 0) is 0 Å². The number of benzene rings is 4. The van der Waals surface area contributed by atoms with Crippen LogP contribution < -0.4 is 0 Å². The fourth-order valence-corrected chi connectivity index (χ4v) is 10.3. The standard InChI is InChI=1S/C30H30S9/c31-21-1-9-25(10-2-21)36-19-29(38-27-13-5-23(33)6-14-27)17-35-18-30(39-28-15-7-24(34)8-16-28)20-37-26-11-3-22(32)4-12-26/h1-16,29-34H,17-20H2. The molecule has 204 valence electrons. The van der Waals surface area contributed by atoms with Crippen LogP contribution in [-0.4, -0.2) is 33.5 Å². The van der Waals surface area contributed by atoms with Crippen molar-refractivity contribution < 1.29 is 0 Å². The monoisotopic (exact) mass is 678 g/mol. The first-order valence-electron chi connectivity index (χ1n) is 12.3. The van der Waals surface area contributed by atoms with E-state index in [1.807, 2.05) is 47.0 Å². The molecule has 2 atom stereocenters. The molecular formula is C30H30S9. The molecule has 0 N–H and O–H groups in total. The first-order valence-corrected chi connectivity index (χ1v) is 18.9. The maximum atomic E-state index is 4.46. The predicted molar refractivity (Wildman–Crippen MR) is 193 cm³/mol. The normalized spacial score (nSPS) is 12.8. The highest BCUT2D eigenvalue weighted by Gasteiger charge is 2.16. The molecule has 0 aromatic heterocycles. The molecule has 0 aliphatic rings. The molecule has 0 nitrogen and oxygen atoms in total. The van der Waals surface area contributed by atoms with Crippen molar-refractivity contribution >= 4 is 109 Å². The van der Waals surface area contributed by atoms with Crippen LogP contribution in [0.5, 0.6) is 0 Å². The van der Waals surface area contributed by atoms with E-state index in [9.17, 15) is 0 Å². The Morgan fingerprint density at radius 3 is 0.974 bits per heavy atom. The third kappa shape index (κ3) is 12.0. The number of thioether (sulfide) groups is 5. The smallest absolute Gasteiger partial charge is 0.0279 e. The summed E-state index contributed by atoms with van der Waals surface area (Å²) in [6.45, 7) is 0. The van der Waals surface area contributed by atoms with Gasteiger partial charge in [-0.25, -0.2) is 0 Å². The lowest BCUT2D eigenvalue weighted by atomic mass is 10.4. The van der Waals surface area contributed by atoms with E-state index in [0.29, 0.717) is 10.5 Å². The highest BCUT2D eigenvalue weighted by atomic mass is 32.2. The lowest BCUT2D eigenvalue weighted by Gasteiger charge is -2.20. The highest BCUT2D eigenvalue weighted by Crippen LogP contribution is 2.35. The van der Waals surface area contributed by atoms with Gasteiger partial charge in [-0.05, 0) is 97.1 Å². The molecule has 2 unspecified atom stereocenters. The van der Waals surface area contributed by atoms with Crippen LogP contribution in [0.4, 0.5) is 0 Å². The van der Waals surface area contributed by atoms with Gasteiger partial charge in [0, 0.05) is 72.7 Å². The first kappa shape index (κ1) is 32.0. The van der Waals surface area contributed by atoms with Crippen molar-refractivity contribution in [1.82, 2.24) is 0 Å². The molecular weight excluding hydrogens is 649 g/mol. The van der Waals surface area contributed by atoms with Crippen molar-refractivity contribution in [2.45, 2.75) is 49.7 Å². The Morgan fingerprint density at radius 1 is 0.385 bits per heavy atom. The molecule has 4 aromatic rings. The Labute approximate surface area is 276 Å². The van der Waals surface area contributed by atoms with Crippen molar-refractivity contribution in [3.63, 3.8) is 0 Å². The van der Waals surface area contributed by atoms with Gasteiger partial charge >= 0.3 is 0 Å². The molecule has 0 aliphatic heterocycles. The average Bonchev–Trinajstić information content (AvgIpc) is 2.94. The van der Waals surface area contributed by atoms with Gasteiger partial charge in [0.2, 0.25) is 0 Å². The van der Waals surface area contributed by atoms with Crippen molar-refractivity contribution in [3.8, 4) is 0 Å². The molecule has 0 amide bonds. The quantitative estimate of drug-likeness (QED) is 0.0772. The fourth-order valence-electron chi connectivity index (χ4n) is 3.46. The molecule has 0 spiro atoms. The van der Waals surface area contributed by atoms with E-state index >= 15 is 0 Å². The summed E-state index contributed by atoms with van der Waals surface area (Å²) in [6.07, 6.45) is 0. The predicted octanol–water partition coefficient (Wildman–Crippen LogP) is 10.8. The van der Waals surface area contributed by atoms with Crippen molar-refractivity contribution in [2.24, 2.45) is 0 Å². The van der Waals surface area contributed by atoms with E-state index in [0.717, 1.165) is 42.6 Å². The molecule has 0 radical (unpaired) electrons. The summed E-state index contributed by atoms with van der Waals surface area (Å²) in [4.78, 5) is 9.17. The Kier molecular flexibility index (Phi) is 14.1. The molecule has 4 aromatic carbocycles. The molecule has 0 fully saturated rings. The third-order valence-electron chi connectivity index (χ3n) is 5.43. The number of hydrogen-bond donors (Lipinski definition) is 4. The largest absolute Gasteiger partial charge is 0.160 e. The molecule has 9 heteroatoms. The zero-order valence-electron chi connectivity index (χ0n) is 21.1. The molecule has 39 heavy (non-hydrogen) atoms. The minimum absolute atomic E-state index is 0.492. The van der Waals surface area contributed by atoms with Crippen LogP contribution >= 0.6 is 109 Å². The number of thiol groups is 4. The lowest BCUT2D eigenvalue weighted by Crippen LogP contribution is -2.15. The van der Waals surface area contributed by atoms with Crippen LogP contribution in [0.15, 0.2) is 136 Å². The van der Waals surface area contributed by atoms with E-state index < -0.39 is 0 Å². The van der Waals surface area contributed by atoms with Gasteiger partial charge in [0.15, 0.2) is 0 Å². The van der Waals surface area contributed by atoms with E-state index in [-0.39, 0.29) is 0 Å². The summed E-state index contributed by atoms with van der Waals surface area (Å²) >= 11 is 27.6. The van der Waals surface area contributed by atoms with E-state index in [1.165, 1.54) is 19.6 Å². The summed E-state index contributed by atoms with van der Waals surface area (Å²) < 4.78 is 0. The second-order valence-electron chi connectivity index (χ2n) is 8.61. The van der Waals surface area contributed by atoms with Crippen LogP contribution in [0.1, 0.15) is 0 Å². The zero-order chi connectivity index (χ0) is 27.5. The maximum Gasteiger partial charge on any atom is 0.0279 e. The summed E-state index contributed by atoms with van der Waals surface area (Å²) in [6, 6.07) is 34.0. The zero-order valence-corrected chi connectivity index (χ0v) is 28.7. The molecule has 0 bridgehead atoms. The summed E-state index contributed by atoms with van der Waals surface area (Å²) in [7, 11) is 0. The second kappa shape index (κ2) is 17.2. The van der Waals surface area contributed by atoms with E-state index in [4.69, 9.17) is 0 Å². The van der Waals surface area contributed by atoms with Crippen molar-refractivity contribution in [1.29, 1.82) is 0 Å². The van der Waals surface area contributed by atoms with Crippen LogP contribution in [0.3, 0.4) is 0 Å². The van der Waals surface area contributed by atoms with Gasteiger partial charge in [-0.15, -0.1) is 97.6 Å². The average molecular weight is 679 g/mol. The lowest BCUT2D eigenvalue weighted by molar-refractivity contribution is 1.11. The second-order valence-corrected chi connectivity index (χ2v) is 16.7. The summed E-state index contributed by atoms with van der Waals surface area (Å²) in [5.74, 6) is 4.30. The Balaban J connectivity index is 1.38. The van der Waals surface area contributed by atoms with E-state index in [1.54, 1.807) is 0 Å². The van der Waals surface area contributed by atoms with Gasteiger partial charge in [0.05, 0.1) is 0 Å². The van der Waals surface area contributed by atoms with Crippen molar-refractivity contribution in [2.75, 3.05) is 23.0 Å². The third-order valence-corrected chi connectivity index (χ3v) is 13.5. The van der Waals surface area contributed by atoms with Gasteiger partial charge in [-0.3, -0.25) is 0 Å². The Morgan fingerprint density at radius 2 is 0.667 bits per heavy atom. The maximum absolute atomic E-state index is 4.46.